The summed E-state index contributed by atoms with van der Waals surface area (Å²) in [4.78, 5) is 11.4. The minimum absolute atomic E-state index is 0.181. The highest BCUT2D eigenvalue weighted by Gasteiger charge is 2.10. The number of carboxylic acids is 1. The Kier molecular flexibility index (Phi) is 3.08. The van der Waals surface area contributed by atoms with Crippen LogP contribution in [0.4, 0.5) is 0 Å². The zero-order valence-electron chi connectivity index (χ0n) is 7.24. The lowest BCUT2D eigenvalue weighted by Crippen LogP contribution is -2.01. The standard InChI is InChI=1S/C9H10O3S/c1-6(9(10)11)5-8-7(12-2)3-4-13-8/h3-4H,1,5H2,2H3,(H,10,11). The van der Waals surface area contributed by atoms with E-state index in [1.165, 1.54) is 11.3 Å². The van der Waals surface area contributed by atoms with E-state index in [9.17, 15) is 4.79 Å². The molecule has 1 aromatic heterocycles. The molecule has 0 bridgehead atoms. The van der Waals surface area contributed by atoms with Crippen molar-refractivity contribution in [3.05, 3.63) is 28.5 Å². The summed E-state index contributed by atoms with van der Waals surface area (Å²) in [7, 11) is 1.56. The third-order valence-electron chi connectivity index (χ3n) is 1.60. The number of carboxylic acid groups (broad SMARTS) is 1. The van der Waals surface area contributed by atoms with Gasteiger partial charge in [0.25, 0.3) is 0 Å². The number of hydrogen-bond acceptors (Lipinski definition) is 3. The van der Waals surface area contributed by atoms with Gasteiger partial charge in [0.05, 0.1) is 12.0 Å². The van der Waals surface area contributed by atoms with Crippen molar-refractivity contribution in [2.45, 2.75) is 6.42 Å². The van der Waals surface area contributed by atoms with E-state index in [0.717, 1.165) is 10.6 Å². The molecular formula is C9H10O3S. The summed E-state index contributed by atoms with van der Waals surface area (Å²) in [5, 5.41) is 10.5. The summed E-state index contributed by atoms with van der Waals surface area (Å²) in [5.74, 6) is -0.233. The van der Waals surface area contributed by atoms with Crippen LogP contribution in [0.3, 0.4) is 0 Å². The van der Waals surface area contributed by atoms with Gasteiger partial charge < -0.3 is 9.84 Å². The average Bonchev–Trinajstić information content (AvgIpc) is 2.51. The van der Waals surface area contributed by atoms with Gasteiger partial charge >= 0.3 is 5.97 Å². The van der Waals surface area contributed by atoms with Gasteiger partial charge in [0, 0.05) is 12.0 Å². The van der Waals surface area contributed by atoms with E-state index in [1.807, 2.05) is 11.4 Å². The fourth-order valence-electron chi connectivity index (χ4n) is 0.909. The Bertz CT molecular complexity index is 327. The number of methoxy groups -OCH3 is 1. The van der Waals surface area contributed by atoms with Crippen LogP contribution in [0.5, 0.6) is 5.75 Å². The van der Waals surface area contributed by atoms with Crippen molar-refractivity contribution in [3.63, 3.8) is 0 Å². The lowest BCUT2D eigenvalue weighted by molar-refractivity contribution is -0.132. The van der Waals surface area contributed by atoms with Crippen molar-refractivity contribution in [1.82, 2.24) is 0 Å². The molecule has 3 nitrogen and oxygen atoms in total. The van der Waals surface area contributed by atoms with Crippen LogP contribution in [-0.4, -0.2) is 18.2 Å². The maximum atomic E-state index is 10.5. The second-order valence-electron chi connectivity index (χ2n) is 2.50. The number of aliphatic carboxylic acids is 1. The summed E-state index contributed by atoms with van der Waals surface area (Å²) in [5.41, 5.74) is 0.181. The Hall–Kier alpha value is -1.29. The van der Waals surface area contributed by atoms with Gasteiger partial charge in [0.15, 0.2) is 0 Å². The summed E-state index contributed by atoms with van der Waals surface area (Å²) in [6, 6.07) is 1.81. The van der Waals surface area contributed by atoms with Crippen LogP contribution < -0.4 is 4.74 Å². The second-order valence-corrected chi connectivity index (χ2v) is 3.50. The Labute approximate surface area is 80.3 Å². The summed E-state index contributed by atoms with van der Waals surface area (Å²) < 4.78 is 5.04. The highest BCUT2D eigenvalue weighted by atomic mass is 32.1. The van der Waals surface area contributed by atoms with E-state index in [1.54, 1.807) is 7.11 Å². The molecule has 1 heterocycles. The number of ether oxygens (including phenoxy) is 1. The third-order valence-corrected chi connectivity index (χ3v) is 2.50. The molecule has 0 saturated heterocycles. The molecular weight excluding hydrogens is 188 g/mol. The van der Waals surface area contributed by atoms with E-state index >= 15 is 0 Å². The molecule has 0 aliphatic carbocycles. The number of carbonyl (C=O) groups is 1. The fraction of sp³-hybridized carbons (Fsp3) is 0.222. The molecule has 0 fully saturated rings. The SMILES string of the molecule is C=C(Cc1sccc1OC)C(=O)O. The third kappa shape index (κ3) is 2.32. The molecule has 4 heteroatoms. The molecule has 70 valence electrons. The lowest BCUT2D eigenvalue weighted by atomic mass is 10.2. The second kappa shape index (κ2) is 4.09. The molecule has 0 amide bonds. The van der Waals surface area contributed by atoms with E-state index in [-0.39, 0.29) is 5.57 Å². The fourth-order valence-corrected chi connectivity index (χ4v) is 1.79. The van der Waals surface area contributed by atoms with Crippen LogP contribution in [0.25, 0.3) is 0 Å². The first-order valence-corrected chi connectivity index (χ1v) is 4.54. The summed E-state index contributed by atoms with van der Waals surface area (Å²) in [6.45, 7) is 3.46. The van der Waals surface area contributed by atoms with Crippen molar-refractivity contribution in [2.24, 2.45) is 0 Å². The van der Waals surface area contributed by atoms with E-state index in [0.29, 0.717) is 6.42 Å². The molecule has 0 spiro atoms. The van der Waals surface area contributed by atoms with Crippen LogP contribution in [0.15, 0.2) is 23.6 Å². The normalized spacial score (nSPS) is 9.62. The van der Waals surface area contributed by atoms with Crippen LogP contribution in [0.2, 0.25) is 0 Å². The topological polar surface area (TPSA) is 46.5 Å². The largest absolute Gasteiger partial charge is 0.496 e. The zero-order chi connectivity index (χ0) is 9.84. The van der Waals surface area contributed by atoms with E-state index in [4.69, 9.17) is 9.84 Å². The number of hydrogen-bond donors (Lipinski definition) is 1. The predicted molar refractivity (Wildman–Crippen MR) is 51.4 cm³/mol. The number of rotatable bonds is 4. The predicted octanol–water partition coefficient (Wildman–Crippen LogP) is 1.94. The monoisotopic (exact) mass is 198 g/mol. The van der Waals surface area contributed by atoms with Crippen molar-refractivity contribution in [2.75, 3.05) is 7.11 Å². The van der Waals surface area contributed by atoms with Gasteiger partial charge in [-0.25, -0.2) is 4.79 Å². The molecule has 1 aromatic rings. The van der Waals surface area contributed by atoms with E-state index < -0.39 is 5.97 Å². The van der Waals surface area contributed by atoms with Gasteiger partial charge in [-0.15, -0.1) is 11.3 Å². The zero-order valence-corrected chi connectivity index (χ0v) is 8.06. The molecule has 0 radical (unpaired) electrons. The van der Waals surface area contributed by atoms with Crippen molar-refractivity contribution in [1.29, 1.82) is 0 Å². The molecule has 1 N–H and O–H groups in total. The Balaban J connectivity index is 2.74. The number of thiophene rings is 1. The molecule has 0 saturated carbocycles. The van der Waals surface area contributed by atoms with Gasteiger partial charge in [-0.05, 0) is 11.4 Å². The van der Waals surface area contributed by atoms with Crippen molar-refractivity contribution >= 4 is 17.3 Å². The molecule has 0 aliphatic heterocycles. The van der Waals surface area contributed by atoms with Gasteiger partial charge in [-0.2, -0.15) is 0 Å². The van der Waals surface area contributed by atoms with Gasteiger partial charge in [-0.3, -0.25) is 0 Å². The first-order valence-electron chi connectivity index (χ1n) is 3.66. The molecule has 0 unspecified atom stereocenters. The Morgan fingerprint density at radius 3 is 3.00 bits per heavy atom. The summed E-state index contributed by atoms with van der Waals surface area (Å²) >= 11 is 1.47. The molecule has 0 atom stereocenters. The first kappa shape index (κ1) is 9.80. The van der Waals surface area contributed by atoms with Crippen LogP contribution >= 0.6 is 11.3 Å². The van der Waals surface area contributed by atoms with Crippen LogP contribution in [0.1, 0.15) is 4.88 Å². The first-order chi connectivity index (χ1) is 6.15. The maximum absolute atomic E-state index is 10.5. The average molecular weight is 198 g/mol. The molecule has 0 aromatic carbocycles. The van der Waals surface area contributed by atoms with E-state index in [2.05, 4.69) is 6.58 Å². The lowest BCUT2D eigenvalue weighted by Gasteiger charge is -2.01. The quantitative estimate of drug-likeness (QED) is 0.752. The van der Waals surface area contributed by atoms with Gasteiger partial charge in [-0.1, -0.05) is 6.58 Å². The van der Waals surface area contributed by atoms with Crippen molar-refractivity contribution in [3.8, 4) is 5.75 Å². The van der Waals surface area contributed by atoms with Gasteiger partial charge in [0.2, 0.25) is 0 Å². The van der Waals surface area contributed by atoms with Crippen LogP contribution in [0, 0.1) is 0 Å². The van der Waals surface area contributed by atoms with Crippen LogP contribution in [-0.2, 0) is 11.2 Å². The smallest absolute Gasteiger partial charge is 0.331 e. The minimum atomic E-state index is -0.963. The molecule has 0 aliphatic rings. The Morgan fingerprint density at radius 2 is 2.46 bits per heavy atom. The Morgan fingerprint density at radius 1 is 1.77 bits per heavy atom. The highest BCUT2D eigenvalue weighted by Crippen LogP contribution is 2.26. The maximum Gasteiger partial charge on any atom is 0.331 e. The highest BCUT2D eigenvalue weighted by molar-refractivity contribution is 7.10. The van der Waals surface area contributed by atoms with Gasteiger partial charge in [0.1, 0.15) is 5.75 Å². The molecule has 13 heavy (non-hydrogen) atoms. The minimum Gasteiger partial charge on any atom is -0.496 e. The summed E-state index contributed by atoms with van der Waals surface area (Å²) in [6.07, 6.45) is 0.343. The van der Waals surface area contributed by atoms with Crippen molar-refractivity contribution < 1.29 is 14.6 Å². The molecule has 1 rings (SSSR count).